The second-order valence-electron chi connectivity index (χ2n) is 5.54. The van der Waals surface area contributed by atoms with Crippen LogP contribution >= 0.6 is 0 Å². The van der Waals surface area contributed by atoms with Gasteiger partial charge in [-0.05, 0) is 37.3 Å². The van der Waals surface area contributed by atoms with Gasteiger partial charge in [0, 0.05) is 5.69 Å². The first-order chi connectivity index (χ1) is 13.1. The Bertz CT molecular complexity index is 872. The number of esters is 1. The number of hydrogen-bond donors (Lipinski definition) is 2. The topological polar surface area (TPSA) is 67.4 Å². The van der Waals surface area contributed by atoms with Crippen molar-refractivity contribution in [3.8, 4) is 0 Å². The Morgan fingerprint density at radius 2 is 1.71 bits per heavy atom. The molecule has 5 nitrogen and oxygen atoms in total. The van der Waals surface area contributed by atoms with Crippen LogP contribution in [0.2, 0.25) is 0 Å². The van der Waals surface area contributed by atoms with Crippen LogP contribution in [0, 0.1) is 11.6 Å². The SMILES string of the molecule is CCOC(=O)[C@@](NC(=O)c1ccccc1F)(Nc1cccc(F)c1)C(F)(F)F. The van der Waals surface area contributed by atoms with Crippen molar-refractivity contribution in [1.29, 1.82) is 0 Å². The van der Waals surface area contributed by atoms with Crippen LogP contribution in [0.15, 0.2) is 48.5 Å². The van der Waals surface area contributed by atoms with Crippen LogP contribution in [0.25, 0.3) is 0 Å². The Labute approximate surface area is 156 Å². The molecule has 1 amide bonds. The molecule has 28 heavy (non-hydrogen) atoms. The lowest BCUT2D eigenvalue weighted by Crippen LogP contribution is -2.69. The van der Waals surface area contributed by atoms with E-state index in [0.29, 0.717) is 6.07 Å². The van der Waals surface area contributed by atoms with E-state index < -0.39 is 53.2 Å². The lowest BCUT2D eigenvalue weighted by molar-refractivity contribution is -0.204. The molecule has 0 saturated heterocycles. The Balaban J connectivity index is 2.54. The number of nitrogens with one attached hydrogen (secondary N) is 2. The molecule has 0 radical (unpaired) electrons. The van der Waals surface area contributed by atoms with Gasteiger partial charge in [0.1, 0.15) is 11.6 Å². The largest absolute Gasteiger partial charge is 0.463 e. The average molecular weight is 402 g/mol. The molecule has 0 aliphatic heterocycles. The fraction of sp³-hybridized carbons (Fsp3) is 0.222. The van der Waals surface area contributed by atoms with E-state index in [2.05, 4.69) is 4.74 Å². The van der Waals surface area contributed by atoms with Gasteiger partial charge in [-0.2, -0.15) is 13.2 Å². The molecular weight excluding hydrogens is 387 g/mol. The highest BCUT2D eigenvalue weighted by Crippen LogP contribution is 2.33. The van der Waals surface area contributed by atoms with Crippen molar-refractivity contribution >= 4 is 17.6 Å². The Morgan fingerprint density at radius 3 is 2.29 bits per heavy atom. The van der Waals surface area contributed by atoms with Crippen molar-refractivity contribution in [3.63, 3.8) is 0 Å². The molecule has 2 N–H and O–H groups in total. The maximum Gasteiger partial charge on any atom is 0.441 e. The van der Waals surface area contributed by atoms with Gasteiger partial charge in [0.2, 0.25) is 0 Å². The molecule has 2 rings (SSSR count). The smallest absolute Gasteiger partial charge is 0.441 e. The fourth-order valence-corrected chi connectivity index (χ4v) is 2.30. The number of hydrogen-bond acceptors (Lipinski definition) is 4. The summed E-state index contributed by atoms with van der Waals surface area (Å²) in [6, 6.07) is 8.10. The number of benzene rings is 2. The van der Waals surface area contributed by atoms with E-state index in [-0.39, 0.29) is 0 Å². The average Bonchev–Trinajstić information content (AvgIpc) is 2.60. The summed E-state index contributed by atoms with van der Waals surface area (Å²) in [4.78, 5) is 24.6. The fourth-order valence-electron chi connectivity index (χ4n) is 2.30. The molecule has 0 aliphatic rings. The zero-order valence-corrected chi connectivity index (χ0v) is 14.4. The minimum Gasteiger partial charge on any atom is -0.463 e. The number of halogens is 5. The quantitative estimate of drug-likeness (QED) is 0.440. The number of anilines is 1. The first-order valence-electron chi connectivity index (χ1n) is 7.95. The number of carbonyl (C=O) groups is 2. The lowest BCUT2D eigenvalue weighted by atomic mass is 10.1. The van der Waals surface area contributed by atoms with Crippen molar-refractivity contribution in [2.45, 2.75) is 18.8 Å². The third-order valence-corrected chi connectivity index (χ3v) is 3.58. The molecule has 2 aromatic rings. The third-order valence-electron chi connectivity index (χ3n) is 3.58. The maximum absolute atomic E-state index is 13.9. The summed E-state index contributed by atoms with van der Waals surface area (Å²) in [6.45, 7) is 0.830. The van der Waals surface area contributed by atoms with E-state index in [9.17, 15) is 31.5 Å². The maximum atomic E-state index is 13.9. The molecule has 10 heteroatoms. The molecule has 0 heterocycles. The summed E-state index contributed by atoms with van der Waals surface area (Å²) >= 11 is 0. The zero-order chi connectivity index (χ0) is 20.9. The van der Waals surface area contributed by atoms with E-state index in [1.165, 1.54) is 24.4 Å². The minimum atomic E-state index is -5.42. The second kappa shape index (κ2) is 8.24. The highest BCUT2D eigenvalue weighted by Gasteiger charge is 2.63. The monoisotopic (exact) mass is 402 g/mol. The van der Waals surface area contributed by atoms with Crippen molar-refractivity contribution in [2.75, 3.05) is 11.9 Å². The molecule has 150 valence electrons. The van der Waals surface area contributed by atoms with Crippen LogP contribution in [-0.2, 0) is 9.53 Å². The minimum absolute atomic E-state index is 0.433. The van der Waals surface area contributed by atoms with Gasteiger partial charge in [0.05, 0.1) is 12.2 Å². The number of carbonyl (C=O) groups excluding carboxylic acids is 2. The van der Waals surface area contributed by atoms with E-state index >= 15 is 0 Å². The van der Waals surface area contributed by atoms with Crippen LogP contribution in [0.3, 0.4) is 0 Å². The number of ether oxygens (including phenoxy) is 1. The highest BCUT2D eigenvalue weighted by atomic mass is 19.4. The zero-order valence-electron chi connectivity index (χ0n) is 14.4. The van der Waals surface area contributed by atoms with Gasteiger partial charge in [-0.3, -0.25) is 4.79 Å². The third kappa shape index (κ3) is 4.38. The summed E-state index contributed by atoms with van der Waals surface area (Å²) < 4.78 is 73.5. The van der Waals surface area contributed by atoms with Gasteiger partial charge >= 0.3 is 17.8 Å². The summed E-state index contributed by atoms with van der Waals surface area (Å²) in [6.07, 6.45) is -5.42. The summed E-state index contributed by atoms with van der Waals surface area (Å²) in [5, 5.41) is 3.25. The molecule has 1 atom stereocenters. The van der Waals surface area contributed by atoms with Crippen LogP contribution in [0.1, 0.15) is 17.3 Å². The highest BCUT2D eigenvalue weighted by molar-refractivity contribution is 5.99. The predicted octanol–water partition coefficient (Wildman–Crippen LogP) is 3.63. The Hall–Kier alpha value is -3.17. The first kappa shape index (κ1) is 21.1. The molecule has 0 unspecified atom stereocenters. The number of alkyl halides is 3. The van der Waals surface area contributed by atoms with Gasteiger partial charge in [0.25, 0.3) is 5.91 Å². The Morgan fingerprint density at radius 1 is 1.04 bits per heavy atom. The van der Waals surface area contributed by atoms with Crippen LogP contribution in [0.5, 0.6) is 0 Å². The summed E-state index contributed by atoms with van der Waals surface area (Å²) in [5.41, 5.74) is -4.96. The molecule has 0 spiro atoms. The van der Waals surface area contributed by atoms with Gasteiger partial charge in [-0.25, -0.2) is 13.6 Å². The van der Waals surface area contributed by atoms with E-state index in [4.69, 9.17) is 0 Å². The number of rotatable bonds is 6. The van der Waals surface area contributed by atoms with Crippen LogP contribution in [0.4, 0.5) is 27.6 Å². The van der Waals surface area contributed by atoms with Crippen molar-refractivity contribution in [3.05, 3.63) is 65.7 Å². The van der Waals surface area contributed by atoms with E-state index in [1.807, 2.05) is 0 Å². The Kier molecular flexibility index (Phi) is 6.22. The van der Waals surface area contributed by atoms with Gasteiger partial charge in [-0.15, -0.1) is 0 Å². The first-order valence-corrected chi connectivity index (χ1v) is 7.95. The summed E-state index contributed by atoms with van der Waals surface area (Å²) in [5.74, 6) is -5.39. The molecular formula is C18H15F5N2O3. The number of amides is 1. The van der Waals surface area contributed by atoms with E-state index in [1.54, 1.807) is 5.32 Å². The van der Waals surface area contributed by atoms with Gasteiger partial charge < -0.3 is 15.4 Å². The van der Waals surface area contributed by atoms with Crippen molar-refractivity contribution in [2.24, 2.45) is 0 Å². The molecule has 0 bridgehead atoms. The molecule has 0 aromatic heterocycles. The second-order valence-corrected chi connectivity index (χ2v) is 5.54. The lowest BCUT2D eigenvalue weighted by Gasteiger charge is -2.35. The van der Waals surface area contributed by atoms with Gasteiger partial charge in [0.15, 0.2) is 0 Å². The van der Waals surface area contributed by atoms with E-state index in [0.717, 1.165) is 30.3 Å². The normalized spacial score (nSPS) is 13.4. The van der Waals surface area contributed by atoms with Crippen LogP contribution < -0.4 is 10.6 Å². The summed E-state index contributed by atoms with van der Waals surface area (Å²) in [7, 11) is 0. The molecule has 0 fully saturated rings. The van der Waals surface area contributed by atoms with Crippen molar-refractivity contribution in [1.82, 2.24) is 5.32 Å². The standard InChI is InChI=1S/C18H15F5N2O3/c1-2-28-16(27)17(18(21,22)23,24-12-7-5-6-11(19)10-12)25-15(26)13-8-3-4-9-14(13)20/h3-10,24H,2H2,1H3,(H,25,26)/t17-/m0/s1. The molecule has 0 aliphatic carbocycles. The molecule has 0 saturated carbocycles. The molecule has 2 aromatic carbocycles. The van der Waals surface area contributed by atoms with Crippen LogP contribution in [-0.4, -0.2) is 30.3 Å². The van der Waals surface area contributed by atoms with Crippen molar-refractivity contribution < 1.29 is 36.3 Å². The predicted molar refractivity (Wildman–Crippen MR) is 89.3 cm³/mol. The van der Waals surface area contributed by atoms with Gasteiger partial charge in [-0.1, -0.05) is 18.2 Å².